The van der Waals surface area contributed by atoms with Gasteiger partial charge in [-0.15, -0.1) is 0 Å². The summed E-state index contributed by atoms with van der Waals surface area (Å²) in [6.45, 7) is 8.89. The first kappa shape index (κ1) is 13.0. The zero-order valence-corrected chi connectivity index (χ0v) is 10.9. The predicted octanol–water partition coefficient (Wildman–Crippen LogP) is 3.86. The summed E-state index contributed by atoms with van der Waals surface area (Å²) >= 11 is 0. The summed E-state index contributed by atoms with van der Waals surface area (Å²) in [5.74, 6) is 2.92. The molecule has 0 aromatic carbocycles. The van der Waals surface area contributed by atoms with Gasteiger partial charge in [0.2, 0.25) is 0 Å². The largest absolute Gasteiger partial charge is 0.393 e. The molecular weight excluding hydrogens is 184 g/mol. The molecule has 1 saturated carbocycles. The summed E-state index contributed by atoms with van der Waals surface area (Å²) in [6.07, 6.45) is 6.50. The van der Waals surface area contributed by atoms with Crippen LogP contribution in [0.15, 0.2) is 0 Å². The second-order valence-electron chi connectivity index (χ2n) is 5.67. The van der Waals surface area contributed by atoms with Crippen LogP contribution in [0.4, 0.5) is 0 Å². The van der Waals surface area contributed by atoms with Crippen LogP contribution in [-0.4, -0.2) is 11.2 Å². The van der Waals surface area contributed by atoms with Crippen molar-refractivity contribution in [2.75, 3.05) is 0 Å². The van der Waals surface area contributed by atoms with Crippen LogP contribution in [0.5, 0.6) is 0 Å². The third-order valence-corrected chi connectivity index (χ3v) is 4.37. The van der Waals surface area contributed by atoms with E-state index in [1.54, 1.807) is 0 Å². The first-order chi connectivity index (χ1) is 7.07. The van der Waals surface area contributed by atoms with Gasteiger partial charge in [0.15, 0.2) is 0 Å². The molecule has 0 aromatic rings. The molecule has 0 amide bonds. The molecular formula is C14H28O. The van der Waals surface area contributed by atoms with Gasteiger partial charge < -0.3 is 5.11 Å². The topological polar surface area (TPSA) is 20.2 Å². The van der Waals surface area contributed by atoms with Crippen LogP contribution in [0.25, 0.3) is 0 Å². The maximum atomic E-state index is 9.86. The number of aliphatic hydroxyl groups is 1. The van der Waals surface area contributed by atoms with Gasteiger partial charge in [-0.2, -0.15) is 0 Å². The highest BCUT2D eigenvalue weighted by Crippen LogP contribution is 2.41. The second-order valence-corrected chi connectivity index (χ2v) is 5.67. The van der Waals surface area contributed by atoms with Gasteiger partial charge in [-0.3, -0.25) is 0 Å². The fraction of sp³-hybridized carbons (Fsp3) is 1.00. The average Bonchev–Trinajstić information content (AvgIpc) is 2.18. The van der Waals surface area contributed by atoms with Crippen LogP contribution in [0.2, 0.25) is 0 Å². The molecule has 0 radical (unpaired) electrons. The zero-order valence-electron chi connectivity index (χ0n) is 10.9. The lowest BCUT2D eigenvalue weighted by molar-refractivity contribution is 0.0283. The summed E-state index contributed by atoms with van der Waals surface area (Å²) < 4.78 is 0. The van der Waals surface area contributed by atoms with Gasteiger partial charge in [0.05, 0.1) is 6.10 Å². The Morgan fingerprint density at radius 2 is 1.60 bits per heavy atom. The SMILES string of the molecule is CCC(C(C)O)C1CCCCC1C(C)C. The molecule has 0 aliphatic heterocycles. The lowest BCUT2D eigenvalue weighted by atomic mass is 9.66. The van der Waals surface area contributed by atoms with E-state index in [4.69, 9.17) is 0 Å². The molecule has 0 spiro atoms. The highest BCUT2D eigenvalue weighted by molar-refractivity contribution is 4.84. The smallest absolute Gasteiger partial charge is 0.0542 e. The standard InChI is InChI=1S/C14H28O/c1-5-12(11(4)15)14-9-7-6-8-13(14)10(2)3/h10-15H,5-9H2,1-4H3. The van der Waals surface area contributed by atoms with Crippen molar-refractivity contribution in [3.63, 3.8) is 0 Å². The molecule has 1 N–H and O–H groups in total. The molecule has 1 heteroatoms. The van der Waals surface area contributed by atoms with Gasteiger partial charge in [-0.1, -0.05) is 40.0 Å². The Hall–Kier alpha value is -0.0400. The van der Waals surface area contributed by atoms with Crippen molar-refractivity contribution in [1.29, 1.82) is 0 Å². The van der Waals surface area contributed by atoms with Gasteiger partial charge in [-0.05, 0) is 43.4 Å². The Bertz CT molecular complexity index is 164. The highest BCUT2D eigenvalue weighted by Gasteiger charge is 2.34. The minimum Gasteiger partial charge on any atom is -0.393 e. The van der Waals surface area contributed by atoms with E-state index in [0.29, 0.717) is 5.92 Å². The van der Waals surface area contributed by atoms with E-state index in [-0.39, 0.29) is 6.10 Å². The number of hydrogen-bond acceptors (Lipinski definition) is 1. The minimum absolute atomic E-state index is 0.126. The van der Waals surface area contributed by atoms with Crippen LogP contribution >= 0.6 is 0 Å². The summed E-state index contributed by atoms with van der Waals surface area (Å²) in [6, 6.07) is 0. The van der Waals surface area contributed by atoms with E-state index >= 15 is 0 Å². The van der Waals surface area contributed by atoms with E-state index in [9.17, 15) is 5.11 Å². The maximum Gasteiger partial charge on any atom is 0.0542 e. The number of hydrogen-bond donors (Lipinski definition) is 1. The van der Waals surface area contributed by atoms with Gasteiger partial charge in [0.1, 0.15) is 0 Å². The first-order valence-electron chi connectivity index (χ1n) is 6.76. The van der Waals surface area contributed by atoms with Crippen LogP contribution in [0.3, 0.4) is 0 Å². The molecule has 1 aliphatic rings. The molecule has 1 nitrogen and oxygen atoms in total. The monoisotopic (exact) mass is 212 g/mol. The summed E-state index contributed by atoms with van der Waals surface area (Å²) in [4.78, 5) is 0. The normalized spacial score (nSPS) is 31.6. The van der Waals surface area contributed by atoms with Crippen molar-refractivity contribution >= 4 is 0 Å². The lowest BCUT2D eigenvalue weighted by Gasteiger charge is -2.40. The number of rotatable bonds is 4. The van der Waals surface area contributed by atoms with Gasteiger partial charge in [0, 0.05) is 0 Å². The molecule has 1 fully saturated rings. The molecule has 90 valence electrons. The van der Waals surface area contributed by atoms with Crippen LogP contribution < -0.4 is 0 Å². The molecule has 0 heterocycles. The van der Waals surface area contributed by atoms with Gasteiger partial charge in [0.25, 0.3) is 0 Å². The van der Waals surface area contributed by atoms with E-state index in [0.717, 1.165) is 24.2 Å². The predicted molar refractivity (Wildman–Crippen MR) is 65.7 cm³/mol. The quantitative estimate of drug-likeness (QED) is 0.750. The van der Waals surface area contributed by atoms with Crippen molar-refractivity contribution in [2.24, 2.45) is 23.7 Å². The fourth-order valence-corrected chi connectivity index (χ4v) is 3.55. The Morgan fingerprint density at radius 1 is 1.07 bits per heavy atom. The van der Waals surface area contributed by atoms with E-state index in [2.05, 4.69) is 20.8 Å². The molecule has 1 rings (SSSR count). The van der Waals surface area contributed by atoms with Gasteiger partial charge in [-0.25, -0.2) is 0 Å². The molecule has 0 bridgehead atoms. The van der Waals surface area contributed by atoms with Crippen LogP contribution in [0, 0.1) is 23.7 Å². The highest BCUT2D eigenvalue weighted by atomic mass is 16.3. The lowest BCUT2D eigenvalue weighted by Crippen LogP contribution is -2.35. The van der Waals surface area contributed by atoms with Crippen molar-refractivity contribution < 1.29 is 5.11 Å². The first-order valence-corrected chi connectivity index (χ1v) is 6.76. The second kappa shape index (κ2) is 5.89. The average molecular weight is 212 g/mol. The van der Waals surface area contributed by atoms with E-state index in [1.165, 1.54) is 25.7 Å². The Balaban J connectivity index is 2.69. The summed E-state index contributed by atoms with van der Waals surface area (Å²) in [7, 11) is 0. The Morgan fingerprint density at radius 3 is 2.00 bits per heavy atom. The Kier molecular flexibility index (Phi) is 5.11. The van der Waals surface area contributed by atoms with Gasteiger partial charge >= 0.3 is 0 Å². The summed E-state index contributed by atoms with van der Waals surface area (Å²) in [5.41, 5.74) is 0. The maximum absolute atomic E-state index is 9.86. The van der Waals surface area contributed by atoms with Crippen LogP contribution in [0.1, 0.15) is 59.8 Å². The third kappa shape index (κ3) is 3.21. The molecule has 4 atom stereocenters. The van der Waals surface area contributed by atoms with Crippen molar-refractivity contribution in [3.05, 3.63) is 0 Å². The van der Waals surface area contributed by atoms with Crippen molar-refractivity contribution in [3.8, 4) is 0 Å². The summed E-state index contributed by atoms with van der Waals surface area (Å²) in [5, 5.41) is 9.86. The molecule has 15 heavy (non-hydrogen) atoms. The third-order valence-electron chi connectivity index (χ3n) is 4.37. The minimum atomic E-state index is -0.126. The molecule has 1 aliphatic carbocycles. The van der Waals surface area contributed by atoms with E-state index in [1.807, 2.05) is 6.92 Å². The molecule has 0 aromatic heterocycles. The molecule has 4 unspecified atom stereocenters. The van der Waals surface area contributed by atoms with Crippen molar-refractivity contribution in [2.45, 2.75) is 65.9 Å². The van der Waals surface area contributed by atoms with Crippen LogP contribution in [-0.2, 0) is 0 Å². The zero-order chi connectivity index (χ0) is 11.4. The fourth-order valence-electron chi connectivity index (χ4n) is 3.55. The Labute approximate surface area is 95.3 Å². The van der Waals surface area contributed by atoms with E-state index < -0.39 is 0 Å². The molecule has 0 saturated heterocycles. The number of aliphatic hydroxyl groups excluding tert-OH is 1. The van der Waals surface area contributed by atoms with Crippen molar-refractivity contribution in [1.82, 2.24) is 0 Å².